The van der Waals surface area contributed by atoms with Crippen molar-refractivity contribution in [1.29, 1.82) is 0 Å². The van der Waals surface area contributed by atoms with E-state index in [0.29, 0.717) is 16.7 Å². The summed E-state index contributed by atoms with van der Waals surface area (Å²) in [6, 6.07) is 18.0. The molecule has 3 aromatic carbocycles. The zero-order valence-corrected chi connectivity index (χ0v) is 16.4. The minimum absolute atomic E-state index is 0.413. The lowest BCUT2D eigenvalue weighted by Crippen LogP contribution is -2.15. The first-order valence-electron chi connectivity index (χ1n) is 8.97. The van der Waals surface area contributed by atoms with E-state index >= 15 is 0 Å². The summed E-state index contributed by atoms with van der Waals surface area (Å²) in [6.07, 6.45) is 2.35. The van der Waals surface area contributed by atoms with E-state index in [0.717, 1.165) is 24.4 Å². The molecule has 1 N–H and O–H groups in total. The summed E-state index contributed by atoms with van der Waals surface area (Å²) in [6.45, 7) is 4.40. The van der Waals surface area contributed by atoms with Gasteiger partial charge >= 0.3 is 0 Å². The fraction of sp³-hybridized carbons (Fsp3) is 0.273. The Kier molecular flexibility index (Phi) is 6.79. The Labute approximate surface area is 165 Å². The van der Waals surface area contributed by atoms with Gasteiger partial charge < -0.3 is 10.1 Å². The van der Waals surface area contributed by atoms with Gasteiger partial charge in [-0.05, 0) is 41.9 Å². The molecular formula is C22H23Cl2NO. The van der Waals surface area contributed by atoms with E-state index in [-0.39, 0.29) is 0 Å². The highest BCUT2D eigenvalue weighted by Gasteiger charge is 2.10. The van der Waals surface area contributed by atoms with Crippen molar-refractivity contribution in [2.24, 2.45) is 0 Å². The van der Waals surface area contributed by atoms with Crippen LogP contribution in [0.4, 0.5) is 0 Å². The van der Waals surface area contributed by atoms with Crippen molar-refractivity contribution < 1.29 is 4.74 Å². The maximum Gasteiger partial charge on any atom is 0.124 e. The molecule has 0 fully saturated rings. The van der Waals surface area contributed by atoms with Crippen molar-refractivity contribution in [3.63, 3.8) is 0 Å². The molecule has 0 heterocycles. The van der Waals surface area contributed by atoms with E-state index in [1.807, 2.05) is 18.2 Å². The molecule has 0 unspecified atom stereocenters. The van der Waals surface area contributed by atoms with Crippen molar-refractivity contribution in [2.45, 2.75) is 32.9 Å². The third kappa shape index (κ3) is 4.70. The highest BCUT2D eigenvalue weighted by atomic mass is 35.5. The Hall–Kier alpha value is -1.74. The molecule has 3 rings (SSSR count). The number of fused-ring (bicyclic) bond motifs is 1. The van der Waals surface area contributed by atoms with Gasteiger partial charge in [-0.2, -0.15) is 0 Å². The molecule has 0 aliphatic rings. The zero-order valence-electron chi connectivity index (χ0n) is 14.9. The van der Waals surface area contributed by atoms with Gasteiger partial charge in [0.05, 0.1) is 0 Å². The van der Waals surface area contributed by atoms with Crippen LogP contribution in [0.25, 0.3) is 10.8 Å². The van der Waals surface area contributed by atoms with Gasteiger partial charge in [0.2, 0.25) is 0 Å². The maximum absolute atomic E-state index is 6.27. The molecule has 26 heavy (non-hydrogen) atoms. The van der Waals surface area contributed by atoms with Crippen LogP contribution in [0.5, 0.6) is 5.75 Å². The number of unbranched alkanes of at least 4 members (excludes halogenated alkanes) is 1. The first kappa shape index (κ1) is 19.0. The Morgan fingerprint density at radius 1 is 1.00 bits per heavy atom. The van der Waals surface area contributed by atoms with Crippen molar-refractivity contribution in [1.82, 2.24) is 5.32 Å². The SMILES string of the molecule is CCCCNCc1c(OCc2ccc(Cl)cc2Cl)ccc2ccccc12. The predicted molar refractivity (Wildman–Crippen MR) is 111 cm³/mol. The number of benzene rings is 3. The molecule has 4 heteroatoms. The Bertz CT molecular complexity index is 879. The smallest absolute Gasteiger partial charge is 0.124 e. The number of halogens is 2. The summed E-state index contributed by atoms with van der Waals surface area (Å²) >= 11 is 12.2. The van der Waals surface area contributed by atoms with E-state index in [2.05, 4.69) is 42.6 Å². The molecule has 2 nitrogen and oxygen atoms in total. The summed E-state index contributed by atoms with van der Waals surface area (Å²) in [7, 11) is 0. The van der Waals surface area contributed by atoms with Gasteiger partial charge in [-0.25, -0.2) is 0 Å². The average Bonchev–Trinajstić information content (AvgIpc) is 2.65. The standard InChI is InChI=1S/C22H23Cl2NO/c1-2-3-12-25-14-20-19-7-5-4-6-16(19)9-11-22(20)26-15-17-8-10-18(23)13-21(17)24/h4-11,13,25H,2-3,12,14-15H2,1H3. The lowest BCUT2D eigenvalue weighted by Gasteiger charge is -2.16. The van der Waals surface area contributed by atoms with E-state index < -0.39 is 0 Å². The lowest BCUT2D eigenvalue weighted by molar-refractivity contribution is 0.303. The van der Waals surface area contributed by atoms with Crippen molar-refractivity contribution in [2.75, 3.05) is 6.54 Å². The third-order valence-corrected chi connectivity index (χ3v) is 4.99. The molecule has 0 atom stereocenters. The second-order valence-corrected chi connectivity index (χ2v) is 7.16. The maximum atomic E-state index is 6.27. The summed E-state index contributed by atoms with van der Waals surface area (Å²) in [4.78, 5) is 0. The van der Waals surface area contributed by atoms with Gasteiger partial charge in [-0.15, -0.1) is 0 Å². The molecule has 0 bridgehead atoms. The second kappa shape index (κ2) is 9.27. The molecule has 0 spiro atoms. The van der Waals surface area contributed by atoms with Crippen LogP contribution >= 0.6 is 23.2 Å². The Morgan fingerprint density at radius 2 is 1.85 bits per heavy atom. The zero-order chi connectivity index (χ0) is 18.4. The van der Waals surface area contributed by atoms with Crippen LogP contribution in [0.1, 0.15) is 30.9 Å². The largest absolute Gasteiger partial charge is 0.488 e. The quantitative estimate of drug-likeness (QED) is 0.438. The van der Waals surface area contributed by atoms with E-state index in [1.54, 1.807) is 6.07 Å². The monoisotopic (exact) mass is 387 g/mol. The van der Waals surface area contributed by atoms with Crippen molar-refractivity contribution >= 4 is 34.0 Å². The van der Waals surface area contributed by atoms with Crippen molar-refractivity contribution in [3.05, 3.63) is 75.8 Å². The molecular weight excluding hydrogens is 365 g/mol. The van der Waals surface area contributed by atoms with Gasteiger partial charge in [-0.3, -0.25) is 0 Å². The fourth-order valence-corrected chi connectivity index (χ4v) is 3.41. The van der Waals surface area contributed by atoms with Crippen LogP contribution in [-0.4, -0.2) is 6.54 Å². The number of nitrogens with one attached hydrogen (secondary N) is 1. The van der Waals surface area contributed by atoms with Crippen LogP contribution < -0.4 is 10.1 Å². The summed E-state index contributed by atoms with van der Waals surface area (Å²) in [5.41, 5.74) is 2.11. The third-order valence-electron chi connectivity index (χ3n) is 4.40. The summed E-state index contributed by atoms with van der Waals surface area (Å²) in [5.74, 6) is 0.888. The minimum atomic E-state index is 0.413. The van der Waals surface area contributed by atoms with Gasteiger partial charge in [0.15, 0.2) is 0 Å². The molecule has 0 aliphatic carbocycles. The van der Waals surface area contributed by atoms with Crippen LogP contribution in [0, 0.1) is 0 Å². The van der Waals surface area contributed by atoms with E-state index in [4.69, 9.17) is 27.9 Å². The molecule has 0 amide bonds. The lowest BCUT2D eigenvalue weighted by atomic mass is 10.0. The predicted octanol–water partition coefficient (Wildman–Crippen LogP) is 6.62. The van der Waals surface area contributed by atoms with Gasteiger partial charge in [-0.1, -0.05) is 72.9 Å². The summed E-state index contributed by atoms with van der Waals surface area (Å²) in [5, 5.41) is 7.22. The minimum Gasteiger partial charge on any atom is -0.488 e. The van der Waals surface area contributed by atoms with Crippen LogP contribution in [-0.2, 0) is 13.2 Å². The van der Waals surface area contributed by atoms with Crippen molar-refractivity contribution in [3.8, 4) is 5.75 Å². The molecule has 0 radical (unpaired) electrons. The molecule has 0 aromatic heterocycles. The topological polar surface area (TPSA) is 21.3 Å². The number of hydrogen-bond acceptors (Lipinski definition) is 2. The van der Waals surface area contributed by atoms with Crippen LogP contribution in [0.3, 0.4) is 0 Å². The van der Waals surface area contributed by atoms with Gasteiger partial charge in [0.1, 0.15) is 12.4 Å². The molecule has 3 aromatic rings. The number of ether oxygens (including phenoxy) is 1. The average molecular weight is 388 g/mol. The van der Waals surface area contributed by atoms with Crippen LogP contribution in [0.2, 0.25) is 10.0 Å². The second-order valence-electron chi connectivity index (χ2n) is 6.32. The molecule has 0 saturated heterocycles. The number of hydrogen-bond donors (Lipinski definition) is 1. The number of rotatable bonds is 8. The van der Waals surface area contributed by atoms with E-state index in [9.17, 15) is 0 Å². The first-order chi connectivity index (χ1) is 12.7. The molecule has 0 saturated carbocycles. The normalized spacial score (nSPS) is 11.0. The molecule has 0 aliphatic heterocycles. The van der Waals surface area contributed by atoms with Gasteiger partial charge in [0, 0.05) is 27.7 Å². The fourth-order valence-electron chi connectivity index (χ4n) is 2.94. The molecule has 136 valence electrons. The van der Waals surface area contributed by atoms with Crippen LogP contribution in [0.15, 0.2) is 54.6 Å². The summed E-state index contributed by atoms with van der Waals surface area (Å²) < 4.78 is 6.14. The Morgan fingerprint density at radius 3 is 2.65 bits per heavy atom. The highest BCUT2D eigenvalue weighted by Crippen LogP contribution is 2.30. The van der Waals surface area contributed by atoms with E-state index in [1.165, 1.54) is 29.2 Å². The first-order valence-corrected chi connectivity index (χ1v) is 9.72. The highest BCUT2D eigenvalue weighted by molar-refractivity contribution is 6.35. The Balaban J connectivity index is 1.83. The van der Waals surface area contributed by atoms with Gasteiger partial charge in [0.25, 0.3) is 0 Å².